The van der Waals surface area contributed by atoms with Crippen LogP contribution in [0.4, 0.5) is 0 Å². The molecule has 1 aliphatic carbocycles. The Morgan fingerprint density at radius 2 is 2.43 bits per heavy atom. The van der Waals surface area contributed by atoms with Gasteiger partial charge in [-0.2, -0.15) is 0 Å². The molecule has 0 amide bonds. The van der Waals surface area contributed by atoms with Gasteiger partial charge in [0.15, 0.2) is 0 Å². The lowest BCUT2D eigenvalue weighted by molar-refractivity contribution is 0.144. The van der Waals surface area contributed by atoms with Gasteiger partial charge in [-0.05, 0) is 37.6 Å². The molecule has 2 unspecified atom stereocenters. The molecule has 78 valence electrons. The third-order valence-electron chi connectivity index (χ3n) is 2.91. The molecule has 1 aromatic heterocycles. The van der Waals surface area contributed by atoms with Crippen LogP contribution >= 0.6 is 11.3 Å². The van der Waals surface area contributed by atoms with E-state index in [-0.39, 0.29) is 6.10 Å². The lowest BCUT2D eigenvalue weighted by atomic mass is 10.1. The highest BCUT2D eigenvalue weighted by molar-refractivity contribution is 7.10. The van der Waals surface area contributed by atoms with E-state index in [2.05, 4.69) is 29.8 Å². The van der Waals surface area contributed by atoms with E-state index in [1.54, 1.807) is 11.3 Å². The fraction of sp³-hybridized carbons (Fsp3) is 0.636. The molecular weight excluding hydrogens is 194 g/mol. The van der Waals surface area contributed by atoms with Crippen molar-refractivity contribution >= 4 is 11.3 Å². The molecular formula is C11H17NOS. The largest absolute Gasteiger partial charge is 0.392 e. The van der Waals surface area contributed by atoms with Crippen molar-refractivity contribution < 1.29 is 5.11 Å². The van der Waals surface area contributed by atoms with Crippen molar-refractivity contribution in [2.45, 2.75) is 44.4 Å². The quantitative estimate of drug-likeness (QED) is 0.804. The molecule has 14 heavy (non-hydrogen) atoms. The Labute approximate surface area is 89.0 Å². The third-order valence-corrected chi connectivity index (χ3v) is 3.97. The van der Waals surface area contributed by atoms with Crippen molar-refractivity contribution in [3.05, 3.63) is 22.4 Å². The van der Waals surface area contributed by atoms with Gasteiger partial charge in [0.1, 0.15) is 0 Å². The molecule has 1 aliphatic rings. The van der Waals surface area contributed by atoms with Crippen LogP contribution in [0.2, 0.25) is 0 Å². The van der Waals surface area contributed by atoms with Crippen molar-refractivity contribution in [1.82, 2.24) is 5.32 Å². The Bertz CT molecular complexity index is 273. The monoisotopic (exact) mass is 211 g/mol. The van der Waals surface area contributed by atoms with Gasteiger partial charge < -0.3 is 10.4 Å². The molecule has 1 aromatic rings. The molecule has 0 radical (unpaired) electrons. The number of rotatable bonds is 3. The number of hydrogen-bond donors (Lipinski definition) is 2. The molecule has 0 aliphatic heterocycles. The van der Waals surface area contributed by atoms with E-state index >= 15 is 0 Å². The van der Waals surface area contributed by atoms with Crippen molar-refractivity contribution in [3.63, 3.8) is 0 Å². The van der Waals surface area contributed by atoms with E-state index in [1.165, 1.54) is 4.88 Å². The van der Waals surface area contributed by atoms with E-state index in [1.807, 2.05) is 0 Å². The Morgan fingerprint density at radius 1 is 1.57 bits per heavy atom. The van der Waals surface area contributed by atoms with E-state index in [0.717, 1.165) is 19.3 Å². The van der Waals surface area contributed by atoms with Crippen molar-refractivity contribution in [2.75, 3.05) is 0 Å². The number of aliphatic hydroxyl groups excluding tert-OH is 1. The van der Waals surface area contributed by atoms with Crippen LogP contribution in [0.15, 0.2) is 17.5 Å². The zero-order valence-electron chi connectivity index (χ0n) is 8.44. The first-order valence-corrected chi connectivity index (χ1v) is 6.13. The second-order valence-corrected chi connectivity index (χ2v) is 4.99. The zero-order valence-corrected chi connectivity index (χ0v) is 9.26. The van der Waals surface area contributed by atoms with E-state index < -0.39 is 0 Å². The van der Waals surface area contributed by atoms with Crippen LogP contribution in [0, 0.1) is 0 Å². The molecule has 3 heteroatoms. The standard InChI is InChI=1S/C11H17NOS/c1-8(11-6-3-7-14-11)12-9-4-2-5-10(9)13/h3,6-10,12-13H,2,4-5H2,1H3/t8-,9?,10?/m0/s1. The van der Waals surface area contributed by atoms with Crippen molar-refractivity contribution in [3.8, 4) is 0 Å². The molecule has 3 atom stereocenters. The SMILES string of the molecule is C[C@H](NC1CCCC1O)c1cccs1. The first-order valence-electron chi connectivity index (χ1n) is 5.25. The van der Waals surface area contributed by atoms with Gasteiger partial charge in [-0.3, -0.25) is 0 Å². The lowest BCUT2D eigenvalue weighted by Crippen LogP contribution is -2.36. The molecule has 1 saturated carbocycles. The molecule has 1 heterocycles. The minimum atomic E-state index is -0.141. The summed E-state index contributed by atoms with van der Waals surface area (Å²) < 4.78 is 0. The van der Waals surface area contributed by atoms with Gasteiger partial charge in [-0.1, -0.05) is 6.07 Å². The van der Waals surface area contributed by atoms with Gasteiger partial charge >= 0.3 is 0 Å². The number of hydrogen-bond acceptors (Lipinski definition) is 3. The summed E-state index contributed by atoms with van der Waals surface area (Å²) >= 11 is 1.77. The summed E-state index contributed by atoms with van der Waals surface area (Å²) in [7, 11) is 0. The fourth-order valence-corrected chi connectivity index (χ4v) is 2.82. The third kappa shape index (κ3) is 2.16. The van der Waals surface area contributed by atoms with Crippen molar-refractivity contribution in [2.24, 2.45) is 0 Å². The maximum absolute atomic E-state index is 9.68. The van der Waals surface area contributed by atoms with E-state index in [4.69, 9.17) is 0 Å². The summed E-state index contributed by atoms with van der Waals surface area (Å²) in [6, 6.07) is 4.88. The molecule has 2 nitrogen and oxygen atoms in total. The predicted molar refractivity (Wildman–Crippen MR) is 59.5 cm³/mol. The van der Waals surface area contributed by atoms with Crippen molar-refractivity contribution in [1.29, 1.82) is 0 Å². The van der Waals surface area contributed by atoms with E-state index in [9.17, 15) is 5.11 Å². The highest BCUT2D eigenvalue weighted by Gasteiger charge is 2.26. The fourth-order valence-electron chi connectivity index (χ4n) is 2.08. The summed E-state index contributed by atoms with van der Waals surface area (Å²) in [4.78, 5) is 1.35. The molecule has 2 rings (SSSR count). The maximum atomic E-state index is 9.68. The van der Waals surface area contributed by atoms with Crippen LogP contribution in [-0.4, -0.2) is 17.3 Å². The minimum Gasteiger partial charge on any atom is -0.392 e. The normalized spacial score (nSPS) is 29.3. The Hall–Kier alpha value is -0.380. The first-order chi connectivity index (χ1) is 6.77. The first kappa shape index (κ1) is 10.1. The van der Waals surface area contributed by atoms with Gasteiger partial charge in [0.2, 0.25) is 0 Å². The van der Waals surface area contributed by atoms with Crippen LogP contribution in [0.3, 0.4) is 0 Å². The number of nitrogens with one attached hydrogen (secondary N) is 1. The topological polar surface area (TPSA) is 32.3 Å². The lowest BCUT2D eigenvalue weighted by Gasteiger charge is -2.21. The highest BCUT2D eigenvalue weighted by atomic mass is 32.1. The summed E-state index contributed by atoms with van der Waals surface area (Å²) in [6.07, 6.45) is 3.07. The summed E-state index contributed by atoms with van der Waals surface area (Å²) in [6.45, 7) is 2.16. The van der Waals surface area contributed by atoms with Gasteiger partial charge in [0.25, 0.3) is 0 Å². The Balaban J connectivity index is 1.91. The summed E-state index contributed by atoms with van der Waals surface area (Å²) in [5.74, 6) is 0. The predicted octanol–water partition coefficient (Wildman–Crippen LogP) is 2.31. The molecule has 0 spiro atoms. The van der Waals surface area contributed by atoms with Crippen LogP contribution < -0.4 is 5.32 Å². The molecule has 0 aromatic carbocycles. The Kier molecular flexibility index (Phi) is 3.21. The average molecular weight is 211 g/mol. The van der Waals surface area contributed by atoms with Crippen LogP contribution in [0.25, 0.3) is 0 Å². The summed E-state index contributed by atoms with van der Waals surface area (Å²) in [5, 5.41) is 15.3. The van der Waals surface area contributed by atoms with Crippen LogP contribution in [0.5, 0.6) is 0 Å². The number of aliphatic hydroxyl groups is 1. The van der Waals surface area contributed by atoms with Crippen LogP contribution in [-0.2, 0) is 0 Å². The smallest absolute Gasteiger partial charge is 0.0693 e. The second kappa shape index (κ2) is 4.43. The van der Waals surface area contributed by atoms with E-state index in [0.29, 0.717) is 12.1 Å². The van der Waals surface area contributed by atoms with Gasteiger partial charge in [0.05, 0.1) is 6.10 Å². The average Bonchev–Trinajstić information content (AvgIpc) is 2.77. The maximum Gasteiger partial charge on any atom is 0.0693 e. The molecule has 0 bridgehead atoms. The molecule has 0 saturated heterocycles. The van der Waals surface area contributed by atoms with Gasteiger partial charge in [-0.25, -0.2) is 0 Å². The van der Waals surface area contributed by atoms with Gasteiger partial charge in [-0.15, -0.1) is 11.3 Å². The molecule has 1 fully saturated rings. The Morgan fingerprint density at radius 3 is 3.00 bits per heavy atom. The zero-order chi connectivity index (χ0) is 9.97. The van der Waals surface area contributed by atoms with Crippen LogP contribution in [0.1, 0.15) is 37.1 Å². The molecule has 2 N–H and O–H groups in total. The second-order valence-electron chi connectivity index (χ2n) is 4.01. The minimum absolute atomic E-state index is 0.141. The van der Waals surface area contributed by atoms with Gasteiger partial charge in [0, 0.05) is 17.0 Å². The number of thiophene rings is 1. The summed E-state index contributed by atoms with van der Waals surface area (Å²) in [5.41, 5.74) is 0. The highest BCUT2D eigenvalue weighted by Crippen LogP contribution is 2.24.